The zero-order chi connectivity index (χ0) is 58.5. The molecular weight excluding hydrogens is 1060 g/mol. The van der Waals surface area contributed by atoms with Crippen molar-refractivity contribution < 1.29 is 109 Å². The van der Waals surface area contributed by atoms with Crippen molar-refractivity contribution in [1.82, 2.24) is 20.4 Å². The Balaban J connectivity index is 1.95. The first-order valence-electron chi connectivity index (χ1n) is 27.7. The Labute approximate surface area is 473 Å². The minimum absolute atomic E-state index is 0.0155. The van der Waals surface area contributed by atoms with Gasteiger partial charge in [0.2, 0.25) is 5.91 Å². The lowest BCUT2D eigenvalue weighted by Gasteiger charge is -2.24. The van der Waals surface area contributed by atoms with Gasteiger partial charge in [0, 0.05) is 51.3 Å². The van der Waals surface area contributed by atoms with E-state index in [1.54, 1.807) is 46.4 Å². The van der Waals surface area contributed by atoms with Gasteiger partial charge in [0.15, 0.2) is 0 Å². The predicted octanol–water partition coefficient (Wildman–Crippen LogP) is 1.45. The highest BCUT2D eigenvalue weighted by atomic mass is 16.6. The van der Waals surface area contributed by atoms with Crippen LogP contribution in [0.1, 0.15) is 48.0 Å². The van der Waals surface area contributed by atoms with Crippen molar-refractivity contribution in [1.29, 1.82) is 0 Å². The van der Waals surface area contributed by atoms with Crippen molar-refractivity contribution in [3.8, 4) is 0 Å². The van der Waals surface area contributed by atoms with Gasteiger partial charge in [-0.1, -0.05) is 0 Å². The molecule has 0 saturated carbocycles. The van der Waals surface area contributed by atoms with Crippen molar-refractivity contribution in [2.45, 2.75) is 59.2 Å². The van der Waals surface area contributed by atoms with E-state index in [1.165, 1.54) is 12.2 Å². The molecular formula is C53H98N4O23. The molecule has 2 N–H and O–H groups in total. The van der Waals surface area contributed by atoms with Crippen molar-refractivity contribution in [3.63, 3.8) is 0 Å². The highest BCUT2D eigenvalue weighted by Gasteiger charge is 2.25. The fraction of sp³-hybridized carbons (Fsp3) is 0.868. The molecule has 0 unspecified atom stereocenters. The molecule has 0 aliphatic carbocycles. The molecule has 1 rings (SSSR count). The number of rotatable bonds is 57. The first kappa shape index (κ1) is 74.3. The topological polar surface area (TPSA) is 282 Å². The van der Waals surface area contributed by atoms with Gasteiger partial charge in [-0.2, -0.15) is 0 Å². The summed E-state index contributed by atoms with van der Waals surface area (Å²) in [6.07, 6.45) is 1.42. The Morgan fingerprint density at radius 2 is 0.575 bits per heavy atom. The van der Waals surface area contributed by atoms with Crippen LogP contribution in [0.2, 0.25) is 0 Å². The molecule has 468 valence electrons. The maximum Gasteiger partial charge on any atom is 0.407 e. The van der Waals surface area contributed by atoms with Gasteiger partial charge in [-0.15, -0.1) is 0 Å². The number of carbonyl (C=O) groups excluding carboxylic acids is 5. The number of ether oxygens (including phenoxy) is 18. The number of amides is 5. The average Bonchev–Trinajstić information content (AvgIpc) is 3.72. The molecule has 0 spiro atoms. The molecule has 80 heavy (non-hydrogen) atoms. The van der Waals surface area contributed by atoms with E-state index in [0.29, 0.717) is 211 Å². The largest absolute Gasteiger partial charge is 0.444 e. The van der Waals surface area contributed by atoms with Gasteiger partial charge in [0.1, 0.15) is 11.2 Å². The summed E-state index contributed by atoms with van der Waals surface area (Å²) in [7, 11) is 0. The first-order chi connectivity index (χ1) is 38.7. The van der Waals surface area contributed by atoms with Crippen LogP contribution in [-0.2, 0) is 99.6 Å². The fourth-order valence-electron chi connectivity index (χ4n) is 6.09. The molecule has 27 nitrogen and oxygen atoms in total. The highest BCUT2D eigenvalue weighted by Crippen LogP contribution is 2.08. The third kappa shape index (κ3) is 51.2. The Bertz CT molecular complexity index is 1460. The second-order valence-corrected chi connectivity index (χ2v) is 18.9. The molecule has 0 aromatic carbocycles. The summed E-state index contributed by atoms with van der Waals surface area (Å²) >= 11 is 0. The normalized spacial score (nSPS) is 12.7. The van der Waals surface area contributed by atoms with Gasteiger partial charge >= 0.3 is 12.2 Å². The molecule has 0 aromatic rings. The maximum absolute atomic E-state index is 13.1. The van der Waals surface area contributed by atoms with Gasteiger partial charge in [0.05, 0.1) is 211 Å². The van der Waals surface area contributed by atoms with Crippen LogP contribution in [-0.4, -0.2) is 295 Å². The molecule has 0 bridgehead atoms. The Morgan fingerprint density at radius 1 is 0.362 bits per heavy atom. The zero-order valence-electron chi connectivity index (χ0n) is 48.8. The highest BCUT2D eigenvalue weighted by molar-refractivity contribution is 6.13. The molecule has 0 aromatic heterocycles. The van der Waals surface area contributed by atoms with Crippen LogP contribution in [0.5, 0.6) is 0 Å². The molecule has 0 saturated heterocycles. The molecule has 5 amide bonds. The molecule has 0 atom stereocenters. The SMILES string of the molecule is CC(C)(C)OC(=O)NCCOCCOCCOCCOCCOCCOCCOCCOCCN(CCOCCOCCOCCOCCOCCOCCOCCOCCNC(=O)OC(C)(C)C)C(=O)CCN1C(=O)C=CC1=O. The van der Waals surface area contributed by atoms with Gasteiger partial charge in [-0.05, 0) is 41.5 Å². The van der Waals surface area contributed by atoms with Crippen molar-refractivity contribution in [2.24, 2.45) is 0 Å². The summed E-state index contributed by atoms with van der Waals surface area (Å²) in [5, 5.41) is 5.25. The smallest absolute Gasteiger partial charge is 0.407 e. The van der Waals surface area contributed by atoms with E-state index in [-0.39, 0.29) is 45.2 Å². The second-order valence-electron chi connectivity index (χ2n) is 18.9. The average molecular weight is 1160 g/mol. The van der Waals surface area contributed by atoms with E-state index in [0.717, 1.165) is 4.90 Å². The van der Waals surface area contributed by atoms with Crippen LogP contribution < -0.4 is 10.6 Å². The van der Waals surface area contributed by atoms with Crippen LogP contribution >= 0.6 is 0 Å². The molecule has 1 aliphatic heterocycles. The molecule has 27 heteroatoms. The van der Waals surface area contributed by atoms with E-state index in [9.17, 15) is 24.0 Å². The van der Waals surface area contributed by atoms with E-state index < -0.39 is 35.2 Å². The summed E-state index contributed by atoms with van der Waals surface area (Å²) in [5.74, 6) is -1.11. The Kier molecular flexibility index (Phi) is 48.3. The fourth-order valence-corrected chi connectivity index (χ4v) is 6.09. The van der Waals surface area contributed by atoms with E-state index in [2.05, 4.69) is 10.6 Å². The second kappa shape index (κ2) is 52.1. The number of hydrogen-bond acceptors (Lipinski definition) is 23. The zero-order valence-corrected chi connectivity index (χ0v) is 48.8. The van der Waals surface area contributed by atoms with E-state index in [1.807, 2.05) is 0 Å². The lowest BCUT2D eigenvalue weighted by atomic mass is 10.2. The summed E-state index contributed by atoms with van der Waals surface area (Å²) in [5.41, 5.74) is -1.07. The van der Waals surface area contributed by atoms with Crippen molar-refractivity contribution >= 4 is 29.9 Å². The van der Waals surface area contributed by atoms with Crippen molar-refractivity contribution in [2.75, 3.05) is 244 Å². The summed E-state index contributed by atoms with van der Waals surface area (Å²) in [4.78, 5) is 62.8. The van der Waals surface area contributed by atoms with Gasteiger partial charge in [-0.3, -0.25) is 19.3 Å². The lowest BCUT2D eigenvalue weighted by molar-refractivity contribution is -0.138. The number of nitrogens with one attached hydrogen (secondary N) is 2. The molecule has 1 aliphatic rings. The van der Waals surface area contributed by atoms with Crippen LogP contribution in [0.15, 0.2) is 12.2 Å². The summed E-state index contributed by atoms with van der Waals surface area (Å²) in [6.45, 7) is 24.8. The number of hydrogen-bond donors (Lipinski definition) is 2. The van der Waals surface area contributed by atoms with E-state index in [4.69, 9.17) is 85.3 Å². The molecule has 0 radical (unpaired) electrons. The number of imide groups is 1. The minimum atomic E-state index is -0.535. The minimum Gasteiger partial charge on any atom is -0.444 e. The third-order valence-corrected chi connectivity index (χ3v) is 9.85. The predicted molar refractivity (Wildman–Crippen MR) is 289 cm³/mol. The Morgan fingerprint density at radius 3 is 0.800 bits per heavy atom. The van der Waals surface area contributed by atoms with Gasteiger partial charge in [-0.25, -0.2) is 9.59 Å². The lowest BCUT2D eigenvalue weighted by Crippen LogP contribution is -2.40. The molecule has 1 heterocycles. The van der Waals surface area contributed by atoms with Crippen LogP contribution in [0.3, 0.4) is 0 Å². The standard InChI is InChI=1S/C53H98N4O23/c1-52(2,3)79-50(61)54-10-15-63-19-23-67-27-31-71-35-39-75-43-45-77-41-37-73-33-29-69-25-21-65-17-13-56(47(58)9-12-57-48(59)7-8-49(57)60)14-18-66-22-26-70-30-34-74-38-42-78-46-44-76-40-36-72-32-28-68-24-20-64-16-11-55-51(62)80-53(4,5)6/h7-8H,9-46H2,1-6H3,(H,54,61)(H,55,62). The third-order valence-electron chi connectivity index (χ3n) is 9.85. The summed E-state index contributed by atoms with van der Waals surface area (Å²) < 4.78 is 98.7. The monoisotopic (exact) mass is 1160 g/mol. The first-order valence-corrected chi connectivity index (χ1v) is 27.7. The summed E-state index contributed by atoms with van der Waals surface area (Å²) in [6, 6.07) is 0. The maximum atomic E-state index is 13.1. The quantitative estimate of drug-likeness (QED) is 0.0644. The van der Waals surface area contributed by atoms with Gasteiger partial charge < -0.3 is 101 Å². The number of alkyl carbamates (subject to hydrolysis) is 2. The van der Waals surface area contributed by atoms with Crippen LogP contribution in [0.4, 0.5) is 9.59 Å². The number of nitrogens with zero attached hydrogens (tertiary/aromatic N) is 2. The Hall–Kier alpha value is -3.75. The van der Waals surface area contributed by atoms with Crippen LogP contribution in [0, 0.1) is 0 Å². The van der Waals surface area contributed by atoms with E-state index >= 15 is 0 Å². The van der Waals surface area contributed by atoms with Crippen molar-refractivity contribution in [3.05, 3.63) is 12.2 Å². The van der Waals surface area contributed by atoms with Crippen LogP contribution in [0.25, 0.3) is 0 Å². The number of carbonyl (C=O) groups is 5. The molecule has 0 fully saturated rings. The van der Waals surface area contributed by atoms with Gasteiger partial charge in [0.25, 0.3) is 11.8 Å².